The average molecular weight is 428 g/mol. The molecular formula is C23H22FO5P. The monoisotopic (exact) mass is 428 g/mol. The third kappa shape index (κ3) is 5.22. The molecule has 0 aliphatic carbocycles. The van der Waals surface area contributed by atoms with Gasteiger partial charge < -0.3 is 15.1 Å². The number of halogens is 1. The molecule has 0 bridgehead atoms. The lowest BCUT2D eigenvalue weighted by Gasteiger charge is -2.16. The van der Waals surface area contributed by atoms with E-state index in [1.54, 1.807) is 12.1 Å². The maximum atomic E-state index is 13.5. The zero-order valence-electron chi connectivity index (χ0n) is 16.3. The maximum absolute atomic E-state index is 13.5. The van der Waals surface area contributed by atoms with E-state index >= 15 is 0 Å². The zero-order valence-corrected chi connectivity index (χ0v) is 17.2. The standard InChI is InChI=1S/C23H22FO5P/c1-15-12-17-4-2-3-5-21(17)23(16-6-8-18(24)9-7-16)20(15)10-11-30(28,29)14-19(25)13-22(26)27/h2-12,19,25H,13-14H2,1H3,(H,26,27)(H,28,29)/b11-10+. The normalized spacial score (nSPS) is 14.7. The topological polar surface area (TPSA) is 94.8 Å². The molecule has 156 valence electrons. The Kier molecular flexibility index (Phi) is 6.52. The van der Waals surface area contributed by atoms with Crippen molar-refractivity contribution in [3.8, 4) is 11.1 Å². The number of aliphatic carboxylic acids is 1. The molecular weight excluding hydrogens is 406 g/mol. The molecule has 0 spiro atoms. The number of hydrogen-bond acceptors (Lipinski definition) is 3. The van der Waals surface area contributed by atoms with Gasteiger partial charge in [0.15, 0.2) is 0 Å². The summed E-state index contributed by atoms with van der Waals surface area (Å²) in [5.74, 6) is -0.474. The van der Waals surface area contributed by atoms with Gasteiger partial charge in [-0.15, -0.1) is 0 Å². The molecule has 0 saturated heterocycles. The summed E-state index contributed by atoms with van der Waals surface area (Å²) in [6.45, 7) is 1.88. The number of rotatable bonds is 7. The minimum atomic E-state index is -3.92. The van der Waals surface area contributed by atoms with E-state index in [9.17, 15) is 23.7 Å². The summed E-state index contributed by atoms with van der Waals surface area (Å²) < 4.78 is 26.0. The van der Waals surface area contributed by atoms with Crippen LogP contribution in [-0.4, -0.2) is 33.3 Å². The third-order valence-corrected chi connectivity index (χ3v) is 6.35. The van der Waals surface area contributed by atoms with Gasteiger partial charge in [0.2, 0.25) is 7.37 Å². The first-order valence-corrected chi connectivity index (χ1v) is 11.3. The second-order valence-electron chi connectivity index (χ2n) is 7.22. The fraction of sp³-hybridized carbons (Fsp3) is 0.174. The first-order chi connectivity index (χ1) is 14.2. The number of fused-ring (bicyclic) bond motifs is 1. The fourth-order valence-corrected chi connectivity index (χ4v) is 4.70. The summed E-state index contributed by atoms with van der Waals surface area (Å²) >= 11 is 0. The smallest absolute Gasteiger partial charge is 0.305 e. The van der Waals surface area contributed by atoms with Crippen molar-refractivity contribution in [3.05, 3.63) is 77.4 Å². The zero-order chi connectivity index (χ0) is 21.9. The van der Waals surface area contributed by atoms with Gasteiger partial charge in [0.05, 0.1) is 18.7 Å². The summed E-state index contributed by atoms with van der Waals surface area (Å²) in [4.78, 5) is 20.9. The number of aryl methyl sites for hydroxylation is 1. The number of carboxylic acids is 1. The van der Waals surface area contributed by atoms with Crippen molar-refractivity contribution in [2.75, 3.05) is 6.16 Å². The van der Waals surface area contributed by atoms with Crippen LogP contribution in [0.1, 0.15) is 17.5 Å². The van der Waals surface area contributed by atoms with Crippen molar-refractivity contribution in [2.45, 2.75) is 19.4 Å². The summed E-state index contributed by atoms with van der Waals surface area (Å²) in [5.41, 5.74) is 3.11. The molecule has 0 radical (unpaired) electrons. The molecule has 3 aromatic carbocycles. The van der Waals surface area contributed by atoms with Gasteiger partial charge in [-0.25, -0.2) is 4.39 Å². The van der Waals surface area contributed by atoms with E-state index in [0.29, 0.717) is 5.56 Å². The lowest BCUT2D eigenvalue weighted by Crippen LogP contribution is -2.16. The van der Waals surface area contributed by atoms with Crippen LogP contribution in [0.3, 0.4) is 0 Å². The van der Waals surface area contributed by atoms with Gasteiger partial charge >= 0.3 is 5.97 Å². The van der Waals surface area contributed by atoms with E-state index in [-0.39, 0.29) is 5.82 Å². The van der Waals surface area contributed by atoms with Gasteiger partial charge in [0.25, 0.3) is 0 Å². The molecule has 0 amide bonds. The lowest BCUT2D eigenvalue weighted by molar-refractivity contribution is -0.138. The van der Waals surface area contributed by atoms with Crippen molar-refractivity contribution < 1.29 is 28.9 Å². The summed E-state index contributed by atoms with van der Waals surface area (Å²) in [6.07, 6.45) is -1.05. The van der Waals surface area contributed by atoms with Gasteiger partial charge in [-0.05, 0) is 58.2 Å². The highest BCUT2D eigenvalue weighted by Crippen LogP contribution is 2.45. The van der Waals surface area contributed by atoms with Crippen LogP contribution >= 0.6 is 7.37 Å². The number of benzene rings is 3. The van der Waals surface area contributed by atoms with E-state index in [1.165, 1.54) is 18.2 Å². The third-order valence-electron chi connectivity index (χ3n) is 4.79. The molecule has 3 N–H and O–H groups in total. The molecule has 3 rings (SSSR count). The minimum absolute atomic E-state index is 0.361. The second kappa shape index (κ2) is 8.92. The highest BCUT2D eigenvalue weighted by Gasteiger charge is 2.22. The lowest BCUT2D eigenvalue weighted by atomic mass is 9.90. The first-order valence-electron chi connectivity index (χ1n) is 9.35. The maximum Gasteiger partial charge on any atom is 0.305 e. The van der Waals surface area contributed by atoms with Crippen LogP contribution in [0.15, 0.2) is 60.4 Å². The van der Waals surface area contributed by atoms with Crippen LogP contribution in [0, 0.1) is 12.7 Å². The number of aliphatic hydroxyl groups excluding tert-OH is 1. The Bertz CT molecular complexity index is 1150. The van der Waals surface area contributed by atoms with E-state index in [0.717, 1.165) is 33.3 Å². The van der Waals surface area contributed by atoms with Crippen molar-refractivity contribution in [2.24, 2.45) is 0 Å². The van der Waals surface area contributed by atoms with E-state index in [2.05, 4.69) is 0 Å². The van der Waals surface area contributed by atoms with Crippen molar-refractivity contribution in [3.63, 3.8) is 0 Å². The Balaban J connectivity index is 2.09. The Hall–Kier alpha value is -2.79. The van der Waals surface area contributed by atoms with Crippen LogP contribution in [0.2, 0.25) is 0 Å². The molecule has 0 aliphatic rings. The van der Waals surface area contributed by atoms with Crippen LogP contribution in [-0.2, 0) is 9.36 Å². The average Bonchev–Trinajstić information content (AvgIpc) is 2.65. The Morgan fingerprint density at radius 1 is 1.17 bits per heavy atom. The van der Waals surface area contributed by atoms with E-state index < -0.39 is 32.0 Å². The van der Waals surface area contributed by atoms with E-state index in [1.807, 2.05) is 37.3 Å². The van der Waals surface area contributed by atoms with Crippen LogP contribution in [0.25, 0.3) is 28.0 Å². The van der Waals surface area contributed by atoms with Crippen molar-refractivity contribution in [1.29, 1.82) is 0 Å². The molecule has 0 aliphatic heterocycles. The number of aliphatic hydroxyl groups is 1. The molecule has 0 fully saturated rings. The number of carbonyl (C=O) groups is 1. The van der Waals surface area contributed by atoms with Crippen LogP contribution < -0.4 is 0 Å². The summed E-state index contributed by atoms with van der Waals surface area (Å²) in [7, 11) is -3.92. The Morgan fingerprint density at radius 3 is 2.50 bits per heavy atom. The van der Waals surface area contributed by atoms with Gasteiger partial charge in [0.1, 0.15) is 5.82 Å². The first kappa shape index (κ1) is 21.9. The molecule has 5 nitrogen and oxygen atoms in total. The van der Waals surface area contributed by atoms with Crippen molar-refractivity contribution >= 4 is 30.2 Å². The Morgan fingerprint density at radius 2 is 1.83 bits per heavy atom. The minimum Gasteiger partial charge on any atom is -0.481 e. The van der Waals surface area contributed by atoms with Crippen LogP contribution in [0.4, 0.5) is 4.39 Å². The predicted octanol–water partition coefficient (Wildman–Crippen LogP) is 5.03. The van der Waals surface area contributed by atoms with Gasteiger partial charge in [0, 0.05) is 5.82 Å². The molecule has 0 saturated carbocycles. The second-order valence-corrected chi connectivity index (χ2v) is 9.39. The fourth-order valence-electron chi connectivity index (χ4n) is 3.47. The molecule has 2 unspecified atom stereocenters. The predicted molar refractivity (Wildman–Crippen MR) is 116 cm³/mol. The molecule has 0 aromatic heterocycles. The molecule has 30 heavy (non-hydrogen) atoms. The molecule has 7 heteroatoms. The largest absolute Gasteiger partial charge is 0.481 e. The number of hydrogen-bond donors (Lipinski definition) is 3. The molecule has 3 aromatic rings. The summed E-state index contributed by atoms with van der Waals surface area (Å²) in [5, 5.41) is 20.3. The van der Waals surface area contributed by atoms with Gasteiger partial charge in [-0.3, -0.25) is 9.36 Å². The van der Waals surface area contributed by atoms with Gasteiger partial charge in [-0.1, -0.05) is 42.5 Å². The molecule has 0 heterocycles. The highest BCUT2D eigenvalue weighted by molar-refractivity contribution is 7.61. The molecule has 2 atom stereocenters. The quantitative estimate of drug-likeness (QED) is 0.459. The van der Waals surface area contributed by atoms with Gasteiger partial charge in [-0.2, -0.15) is 0 Å². The van der Waals surface area contributed by atoms with Crippen LogP contribution in [0.5, 0.6) is 0 Å². The number of carboxylic acid groups (broad SMARTS) is 1. The highest BCUT2D eigenvalue weighted by atomic mass is 31.2. The summed E-state index contributed by atoms with van der Waals surface area (Å²) in [6, 6.07) is 15.7. The van der Waals surface area contributed by atoms with Crippen molar-refractivity contribution in [1.82, 2.24) is 0 Å². The van der Waals surface area contributed by atoms with E-state index in [4.69, 9.17) is 5.11 Å². The Labute approximate surface area is 173 Å². The SMILES string of the molecule is Cc1cc2ccccc2c(-c2ccc(F)cc2)c1/C=C/P(=O)(O)CC(O)CC(=O)O.